The zero-order valence-electron chi connectivity index (χ0n) is 13.8. The van der Waals surface area contributed by atoms with Crippen molar-refractivity contribution in [2.45, 2.75) is 97.3 Å². The van der Waals surface area contributed by atoms with E-state index < -0.39 is 0 Å². The van der Waals surface area contributed by atoms with Crippen LogP contribution in [0.1, 0.15) is 97.3 Å². The number of hydrogen-bond acceptors (Lipinski definition) is 0. The van der Waals surface area contributed by atoms with E-state index in [-0.39, 0.29) is 0 Å². The Labute approximate surface area is 126 Å². The third kappa shape index (κ3) is 8.45. The minimum Gasteiger partial charge on any atom is -0.261 e. The molecule has 0 saturated carbocycles. The lowest BCUT2D eigenvalue weighted by Gasteiger charge is -2.03. The highest BCUT2D eigenvalue weighted by Gasteiger charge is 2.04. The Kier molecular flexibility index (Phi) is 10.4. The molecule has 0 amide bonds. The average Bonchev–Trinajstić information content (AvgIpc) is 2.85. The summed E-state index contributed by atoms with van der Waals surface area (Å²) in [6.45, 7) is 4.41. The van der Waals surface area contributed by atoms with Gasteiger partial charge >= 0.3 is 0 Å². The fourth-order valence-electron chi connectivity index (χ4n) is 2.86. The van der Waals surface area contributed by atoms with Crippen molar-refractivity contribution in [2.24, 2.45) is 0 Å². The number of unbranched alkanes of at least 4 members (excludes halogenated alkanes) is 11. The van der Waals surface area contributed by atoms with E-state index in [0.29, 0.717) is 0 Å². The van der Waals surface area contributed by atoms with E-state index in [4.69, 9.17) is 0 Å². The predicted octanol–water partition coefficient (Wildman–Crippen LogP) is 6.48. The standard InChI is InChI=1S/C19H34N/c1-3-4-5-6-7-8-9-10-11-12-13-14-15-19-16-17-20-18(19)2/h16-17H,3-15H2,1-2H3. The van der Waals surface area contributed by atoms with E-state index in [0.717, 1.165) is 0 Å². The number of rotatable bonds is 13. The molecule has 0 fully saturated rings. The van der Waals surface area contributed by atoms with Gasteiger partial charge in [0, 0.05) is 11.9 Å². The molecule has 0 unspecified atom stereocenters. The molecule has 0 aromatic rings. The maximum absolute atomic E-state index is 4.29. The fraction of sp³-hybridized carbons (Fsp3) is 0.789. The lowest BCUT2D eigenvalue weighted by Crippen LogP contribution is -1.89. The molecule has 20 heavy (non-hydrogen) atoms. The first-order chi connectivity index (χ1) is 9.84. The van der Waals surface area contributed by atoms with Gasteiger partial charge in [-0.1, -0.05) is 77.6 Å². The summed E-state index contributed by atoms with van der Waals surface area (Å²) in [5.41, 5.74) is 2.69. The highest BCUT2D eigenvalue weighted by Crippen LogP contribution is 2.19. The largest absolute Gasteiger partial charge is 0.261 e. The van der Waals surface area contributed by atoms with Gasteiger partial charge in [-0.15, -0.1) is 0 Å². The van der Waals surface area contributed by atoms with Crippen molar-refractivity contribution in [2.75, 3.05) is 0 Å². The van der Waals surface area contributed by atoms with Crippen LogP contribution in [-0.2, 0) is 0 Å². The van der Waals surface area contributed by atoms with E-state index in [1.807, 2.05) is 6.20 Å². The van der Waals surface area contributed by atoms with Crippen LogP contribution in [0, 0.1) is 0 Å². The van der Waals surface area contributed by atoms with Crippen molar-refractivity contribution in [1.29, 1.82) is 0 Å². The van der Waals surface area contributed by atoms with Crippen LogP contribution >= 0.6 is 0 Å². The Morgan fingerprint density at radius 1 is 0.750 bits per heavy atom. The van der Waals surface area contributed by atoms with E-state index in [9.17, 15) is 0 Å². The Balaban J connectivity index is 1.77. The summed E-state index contributed by atoms with van der Waals surface area (Å²) >= 11 is 0. The van der Waals surface area contributed by atoms with Crippen molar-refractivity contribution in [3.63, 3.8) is 0 Å². The molecule has 1 nitrogen and oxygen atoms in total. The summed E-state index contributed by atoms with van der Waals surface area (Å²) < 4.78 is 0. The van der Waals surface area contributed by atoms with Crippen LogP contribution < -0.4 is 5.32 Å². The van der Waals surface area contributed by atoms with Gasteiger partial charge in [0.2, 0.25) is 0 Å². The first-order valence-corrected chi connectivity index (χ1v) is 8.91. The molecule has 0 bridgehead atoms. The quantitative estimate of drug-likeness (QED) is 0.342. The Morgan fingerprint density at radius 2 is 1.25 bits per heavy atom. The molecule has 115 valence electrons. The zero-order chi connectivity index (χ0) is 14.5. The van der Waals surface area contributed by atoms with E-state index in [1.54, 1.807) is 0 Å². The summed E-state index contributed by atoms with van der Waals surface area (Å²) in [6, 6.07) is 0. The smallest absolute Gasteiger partial charge is 0.0405 e. The van der Waals surface area contributed by atoms with Crippen molar-refractivity contribution >= 4 is 0 Å². The number of nitrogens with zero attached hydrogens (tertiary/aromatic N) is 1. The molecule has 1 rings (SSSR count). The molecule has 1 radical (unpaired) electrons. The van der Waals surface area contributed by atoms with Crippen LogP contribution in [0.2, 0.25) is 0 Å². The molecule has 0 N–H and O–H groups in total. The third-order valence-electron chi connectivity index (χ3n) is 4.31. The van der Waals surface area contributed by atoms with Crippen LogP contribution in [0.4, 0.5) is 0 Å². The molecule has 1 heterocycles. The van der Waals surface area contributed by atoms with Gasteiger partial charge in [0.15, 0.2) is 0 Å². The first kappa shape index (κ1) is 17.3. The van der Waals surface area contributed by atoms with Crippen LogP contribution in [0.3, 0.4) is 0 Å². The number of allylic oxidation sites excluding steroid dienone is 3. The summed E-state index contributed by atoms with van der Waals surface area (Å²) in [7, 11) is 0. The molecule has 1 heteroatoms. The minimum atomic E-state index is 1.23. The topological polar surface area (TPSA) is 14.1 Å². The van der Waals surface area contributed by atoms with Gasteiger partial charge in [0.25, 0.3) is 0 Å². The maximum Gasteiger partial charge on any atom is 0.0405 e. The molecule has 0 aliphatic carbocycles. The molecule has 0 atom stereocenters. The molecule has 0 aromatic carbocycles. The molecule has 1 aliphatic heterocycles. The number of hydrogen-bond donors (Lipinski definition) is 0. The fourth-order valence-corrected chi connectivity index (χ4v) is 2.86. The van der Waals surface area contributed by atoms with Crippen LogP contribution in [-0.4, -0.2) is 0 Å². The maximum atomic E-state index is 4.29. The van der Waals surface area contributed by atoms with Crippen molar-refractivity contribution in [3.8, 4) is 0 Å². The normalized spacial score (nSPS) is 14.1. The monoisotopic (exact) mass is 276 g/mol. The summed E-state index contributed by atoms with van der Waals surface area (Å²) in [5, 5.41) is 4.29. The van der Waals surface area contributed by atoms with Crippen molar-refractivity contribution < 1.29 is 0 Å². The highest BCUT2D eigenvalue weighted by molar-refractivity contribution is 5.29. The van der Waals surface area contributed by atoms with Crippen molar-refractivity contribution in [1.82, 2.24) is 5.32 Å². The minimum absolute atomic E-state index is 1.23. The Bertz CT molecular complexity index is 288. The molecule has 0 aromatic heterocycles. The summed E-state index contributed by atoms with van der Waals surface area (Å²) in [6.07, 6.45) is 22.4. The molecule has 0 saturated heterocycles. The summed E-state index contributed by atoms with van der Waals surface area (Å²) in [5.74, 6) is 0. The average molecular weight is 276 g/mol. The van der Waals surface area contributed by atoms with Gasteiger partial charge in [-0.3, -0.25) is 5.32 Å². The first-order valence-electron chi connectivity index (χ1n) is 8.91. The second-order valence-corrected chi connectivity index (χ2v) is 6.19. The molecular weight excluding hydrogens is 242 g/mol. The van der Waals surface area contributed by atoms with Gasteiger partial charge in [-0.05, 0) is 31.4 Å². The Hall–Kier alpha value is -0.720. The van der Waals surface area contributed by atoms with E-state index in [2.05, 4.69) is 25.2 Å². The van der Waals surface area contributed by atoms with E-state index >= 15 is 0 Å². The molecular formula is C19H34N. The zero-order valence-corrected chi connectivity index (χ0v) is 13.8. The Morgan fingerprint density at radius 3 is 1.70 bits per heavy atom. The van der Waals surface area contributed by atoms with Gasteiger partial charge in [-0.2, -0.15) is 0 Å². The molecule has 1 aliphatic rings. The van der Waals surface area contributed by atoms with Gasteiger partial charge in [-0.25, -0.2) is 0 Å². The van der Waals surface area contributed by atoms with E-state index in [1.165, 1.54) is 94.7 Å². The van der Waals surface area contributed by atoms with Crippen molar-refractivity contribution in [3.05, 3.63) is 23.5 Å². The predicted molar refractivity (Wildman–Crippen MR) is 89.7 cm³/mol. The lowest BCUT2D eigenvalue weighted by atomic mass is 10.0. The molecule has 0 spiro atoms. The summed E-state index contributed by atoms with van der Waals surface area (Å²) in [4.78, 5) is 0. The van der Waals surface area contributed by atoms with Crippen LogP contribution in [0.25, 0.3) is 0 Å². The second-order valence-electron chi connectivity index (χ2n) is 6.19. The van der Waals surface area contributed by atoms with Crippen LogP contribution in [0.5, 0.6) is 0 Å². The van der Waals surface area contributed by atoms with Gasteiger partial charge in [0.1, 0.15) is 0 Å². The lowest BCUT2D eigenvalue weighted by molar-refractivity contribution is 0.544. The highest BCUT2D eigenvalue weighted by atomic mass is 14.9. The third-order valence-corrected chi connectivity index (χ3v) is 4.31. The van der Waals surface area contributed by atoms with Gasteiger partial charge in [0.05, 0.1) is 0 Å². The van der Waals surface area contributed by atoms with Crippen LogP contribution in [0.15, 0.2) is 23.5 Å². The second kappa shape index (κ2) is 12.1. The van der Waals surface area contributed by atoms with Gasteiger partial charge < -0.3 is 0 Å². The SMILES string of the molecule is CCCCCCCCCCCCCCC1=C(C)[N]C=C1.